The number of thioether (sulfide) groups is 1. The third kappa shape index (κ3) is 3.44. The highest BCUT2D eigenvalue weighted by atomic mass is 32.2. The van der Waals surface area contributed by atoms with Gasteiger partial charge in [-0.3, -0.25) is 4.79 Å². The Bertz CT molecular complexity index is 366. The van der Waals surface area contributed by atoms with Crippen LogP contribution in [0.15, 0.2) is 35.2 Å². The van der Waals surface area contributed by atoms with Crippen LogP contribution in [0.25, 0.3) is 0 Å². The van der Waals surface area contributed by atoms with E-state index in [0.29, 0.717) is 5.56 Å². The molecule has 1 aromatic carbocycles. The molecule has 0 aliphatic rings. The lowest BCUT2D eigenvalue weighted by atomic mass is 10.1. The van der Waals surface area contributed by atoms with Crippen LogP contribution < -0.4 is 4.74 Å². The van der Waals surface area contributed by atoms with Crippen LogP contribution in [0.2, 0.25) is 0 Å². The van der Waals surface area contributed by atoms with Crippen molar-refractivity contribution in [3.63, 3.8) is 0 Å². The number of carbonyl (C=O) groups is 1. The largest absolute Gasteiger partial charge is 0.497 e. The quantitative estimate of drug-likeness (QED) is 0.578. The fraction of sp³-hybridized carbons (Fsp3) is 0.250. The Morgan fingerprint density at radius 1 is 1.33 bits per heavy atom. The summed E-state index contributed by atoms with van der Waals surface area (Å²) in [4.78, 5) is 12.7. The normalized spacial score (nSPS) is 11.3. The standard InChI is InChI=1S/C12H14O2S/c1-9(15-3)8-12(13)10-4-6-11(14-2)7-5-10/h4-8H,1-3H3/b9-8-. The second-order valence-corrected chi connectivity index (χ2v) is 4.10. The van der Waals surface area contributed by atoms with E-state index in [1.807, 2.05) is 13.2 Å². The van der Waals surface area contributed by atoms with Gasteiger partial charge in [0.05, 0.1) is 7.11 Å². The Balaban J connectivity index is 2.83. The van der Waals surface area contributed by atoms with Crippen LogP contribution >= 0.6 is 11.8 Å². The Labute approximate surface area is 94.3 Å². The molecule has 0 radical (unpaired) electrons. The average Bonchev–Trinajstić information content (AvgIpc) is 2.29. The summed E-state index contributed by atoms with van der Waals surface area (Å²) in [6.45, 7) is 1.92. The average molecular weight is 222 g/mol. The van der Waals surface area contributed by atoms with Crippen molar-refractivity contribution in [2.75, 3.05) is 13.4 Å². The molecule has 0 heterocycles. The second-order valence-electron chi connectivity index (χ2n) is 3.05. The van der Waals surface area contributed by atoms with E-state index in [-0.39, 0.29) is 5.78 Å². The van der Waals surface area contributed by atoms with Crippen LogP contribution in [0, 0.1) is 0 Å². The molecule has 1 rings (SSSR count). The minimum atomic E-state index is 0.0319. The fourth-order valence-corrected chi connectivity index (χ4v) is 1.31. The molecule has 0 spiro atoms. The summed E-state index contributed by atoms with van der Waals surface area (Å²) in [7, 11) is 1.61. The maximum Gasteiger partial charge on any atom is 0.186 e. The van der Waals surface area contributed by atoms with E-state index < -0.39 is 0 Å². The molecule has 0 bridgehead atoms. The van der Waals surface area contributed by atoms with Gasteiger partial charge in [-0.2, -0.15) is 0 Å². The summed E-state index contributed by atoms with van der Waals surface area (Å²) in [5.41, 5.74) is 0.684. The number of benzene rings is 1. The number of ether oxygens (including phenoxy) is 1. The van der Waals surface area contributed by atoms with E-state index in [0.717, 1.165) is 10.7 Å². The van der Waals surface area contributed by atoms with Gasteiger partial charge in [0.25, 0.3) is 0 Å². The van der Waals surface area contributed by atoms with Crippen LogP contribution in [0.1, 0.15) is 17.3 Å². The van der Waals surface area contributed by atoms with Crippen LogP contribution in [0.4, 0.5) is 0 Å². The first-order valence-corrected chi connectivity index (χ1v) is 5.80. The van der Waals surface area contributed by atoms with Crippen LogP contribution in [0.5, 0.6) is 5.75 Å². The van der Waals surface area contributed by atoms with Gasteiger partial charge in [0.15, 0.2) is 5.78 Å². The molecule has 0 amide bonds. The van der Waals surface area contributed by atoms with Crippen molar-refractivity contribution >= 4 is 17.5 Å². The van der Waals surface area contributed by atoms with Gasteiger partial charge in [0, 0.05) is 5.56 Å². The molecule has 0 saturated carbocycles. The molecule has 80 valence electrons. The van der Waals surface area contributed by atoms with Crippen molar-refractivity contribution in [3.05, 3.63) is 40.8 Å². The van der Waals surface area contributed by atoms with Crippen LogP contribution in [0.3, 0.4) is 0 Å². The topological polar surface area (TPSA) is 26.3 Å². The number of methoxy groups -OCH3 is 1. The van der Waals surface area contributed by atoms with Crippen molar-refractivity contribution in [3.8, 4) is 5.75 Å². The maximum absolute atomic E-state index is 11.7. The van der Waals surface area contributed by atoms with Gasteiger partial charge in [0.1, 0.15) is 5.75 Å². The zero-order valence-electron chi connectivity index (χ0n) is 9.11. The highest BCUT2D eigenvalue weighted by Gasteiger charge is 2.02. The number of allylic oxidation sites excluding steroid dienone is 2. The van der Waals surface area contributed by atoms with E-state index >= 15 is 0 Å². The van der Waals surface area contributed by atoms with E-state index in [1.165, 1.54) is 0 Å². The van der Waals surface area contributed by atoms with Gasteiger partial charge in [-0.15, -0.1) is 11.8 Å². The number of rotatable bonds is 4. The molecule has 0 atom stereocenters. The van der Waals surface area contributed by atoms with E-state index in [9.17, 15) is 4.79 Å². The number of hydrogen-bond donors (Lipinski definition) is 0. The van der Waals surface area contributed by atoms with Crippen molar-refractivity contribution < 1.29 is 9.53 Å². The van der Waals surface area contributed by atoms with Crippen molar-refractivity contribution in [1.82, 2.24) is 0 Å². The summed E-state index contributed by atoms with van der Waals surface area (Å²) in [5, 5.41) is 0. The molecular formula is C12H14O2S. The van der Waals surface area contributed by atoms with E-state index in [1.54, 1.807) is 49.2 Å². The predicted octanol–water partition coefficient (Wildman–Crippen LogP) is 3.14. The summed E-state index contributed by atoms with van der Waals surface area (Å²) in [5.74, 6) is 0.793. The molecule has 0 aliphatic carbocycles. The minimum Gasteiger partial charge on any atom is -0.497 e. The number of carbonyl (C=O) groups excluding carboxylic acids is 1. The van der Waals surface area contributed by atoms with Gasteiger partial charge in [-0.1, -0.05) is 0 Å². The van der Waals surface area contributed by atoms with Crippen molar-refractivity contribution in [1.29, 1.82) is 0 Å². The van der Waals surface area contributed by atoms with Crippen molar-refractivity contribution in [2.45, 2.75) is 6.92 Å². The first kappa shape index (κ1) is 11.9. The lowest BCUT2D eigenvalue weighted by Crippen LogP contribution is -1.95. The highest BCUT2D eigenvalue weighted by Crippen LogP contribution is 2.15. The SMILES string of the molecule is COc1ccc(C(=O)/C=C(/C)SC)cc1. The Hall–Kier alpha value is -1.22. The first-order chi connectivity index (χ1) is 7.17. The van der Waals surface area contributed by atoms with Crippen molar-refractivity contribution in [2.24, 2.45) is 0 Å². The van der Waals surface area contributed by atoms with Gasteiger partial charge in [-0.25, -0.2) is 0 Å². The monoisotopic (exact) mass is 222 g/mol. The second kappa shape index (κ2) is 5.61. The van der Waals surface area contributed by atoms with E-state index in [4.69, 9.17) is 4.74 Å². The molecular weight excluding hydrogens is 208 g/mol. The zero-order valence-corrected chi connectivity index (χ0v) is 9.93. The highest BCUT2D eigenvalue weighted by molar-refractivity contribution is 8.02. The minimum absolute atomic E-state index is 0.0319. The summed E-state index contributed by atoms with van der Waals surface area (Å²) in [6.07, 6.45) is 3.60. The first-order valence-electron chi connectivity index (χ1n) is 4.58. The zero-order chi connectivity index (χ0) is 11.3. The molecule has 0 saturated heterocycles. The maximum atomic E-state index is 11.7. The number of hydrogen-bond acceptors (Lipinski definition) is 3. The third-order valence-corrected chi connectivity index (χ3v) is 2.79. The number of ketones is 1. The van der Waals surface area contributed by atoms with Gasteiger partial charge in [0.2, 0.25) is 0 Å². The Kier molecular flexibility index (Phi) is 4.43. The Morgan fingerprint density at radius 3 is 2.40 bits per heavy atom. The molecule has 2 nitrogen and oxygen atoms in total. The predicted molar refractivity (Wildman–Crippen MR) is 64.6 cm³/mol. The molecule has 1 aromatic rings. The van der Waals surface area contributed by atoms with Crippen LogP contribution in [-0.4, -0.2) is 19.1 Å². The summed E-state index contributed by atoms with van der Waals surface area (Å²) in [6, 6.07) is 7.11. The molecule has 0 fully saturated rings. The lowest BCUT2D eigenvalue weighted by Gasteiger charge is -2.00. The fourth-order valence-electron chi connectivity index (χ4n) is 1.08. The van der Waals surface area contributed by atoms with Gasteiger partial charge in [-0.05, 0) is 48.4 Å². The third-order valence-electron chi connectivity index (χ3n) is 2.03. The van der Waals surface area contributed by atoms with Gasteiger partial charge < -0.3 is 4.74 Å². The van der Waals surface area contributed by atoms with Crippen LogP contribution in [-0.2, 0) is 0 Å². The molecule has 0 N–H and O–H groups in total. The van der Waals surface area contributed by atoms with Gasteiger partial charge >= 0.3 is 0 Å². The molecule has 0 aromatic heterocycles. The van der Waals surface area contributed by atoms with E-state index in [2.05, 4.69) is 0 Å². The summed E-state index contributed by atoms with van der Waals surface area (Å²) < 4.78 is 5.02. The molecule has 3 heteroatoms. The Morgan fingerprint density at radius 2 is 1.93 bits per heavy atom. The lowest BCUT2D eigenvalue weighted by molar-refractivity contribution is 0.104. The smallest absolute Gasteiger partial charge is 0.186 e. The molecule has 15 heavy (non-hydrogen) atoms. The molecule has 0 unspecified atom stereocenters. The molecule has 0 aliphatic heterocycles. The summed E-state index contributed by atoms with van der Waals surface area (Å²) >= 11 is 1.57.